The lowest BCUT2D eigenvalue weighted by Gasteiger charge is -2.11. The van der Waals surface area contributed by atoms with Crippen LogP contribution in [0.1, 0.15) is 11.1 Å². The Labute approximate surface area is 137 Å². The van der Waals surface area contributed by atoms with Gasteiger partial charge in [0.2, 0.25) is 0 Å². The Morgan fingerprint density at radius 1 is 1.25 bits per heavy atom. The highest BCUT2D eigenvalue weighted by molar-refractivity contribution is 6.32. The summed E-state index contributed by atoms with van der Waals surface area (Å²) < 4.78 is 43.1. The minimum atomic E-state index is -4.54. The topological polar surface area (TPSA) is 85.0 Å². The Hall–Kier alpha value is -2.81. The summed E-state index contributed by atoms with van der Waals surface area (Å²) in [5.74, 6) is 0.00238. The summed E-state index contributed by atoms with van der Waals surface area (Å²) >= 11 is 5.77. The molecule has 0 spiro atoms. The molecule has 0 unspecified atom stereocenters. The van der Waals surface area contributed by atoms with Gasteiger partial charge in [0, 0.05) is 6.07 Å². The van der Waals surface area contributed by atoms with Gasteiger partial charge in [-0.2, -0.15) is 13.2 Å². The number of halogens is 4. The van der Waals surface area contributed by atoms with Gasteiger partial charge in [0.15, 0.2) is 0 Å². The van der Waals surface area contributed by atoms with Crippen molar-refractivity contribution in [1.29, 1.82) is 0 Å². The van der Waals surface area contributed by atoms with Crippen LogP contribution in [0.15, 0.2) is 41.6 Å². The van der Waals surface area contributed by atoms with Crippen molar-refractivity contribution in [3.8, 4) is 11.5 Å². The predicted octanol–water partition coefficient (Wildman–Crippen LogP) is 4.87. The van der Waals surface area contributed by atoms with Crippen LogP contribution >= 0.6 is 11.6 Å². The average molecular weight is 361 g/mol. The molecule has 2 rings (SSSR count). The third kappa shape index (κ3) is 3.93. The molecule has 0 aromatic heterocycles. The molecule has 0 heterocycles. The Morgan fingerprint density at radius 3 is 2.50 bits per heavy atom. The number of oxime groups is 1. The third-order valence-corrected chi connectivity index (χ3v) is 3.17. The van der Waals surface area contributed by atoms with E-state index in [0.717, 1.165) is 24.4 Å². The second-order valence-electron chi connectivity index (χ2n) is 4.47. The number of nitro groups is 1. The van der Waals surface area contributed by atoms with Crippen molar-refractivity contribution in [2.45, 2.75) is 6.18 Å². The zero-order valence-electron chi connectivity index (χ0n) is 11.6. The molecular weight excluding hydrogens is 353 g/mol. The minimum Gasteiger partial charge on any atom is -0.456 e. The molecule has 0 fully saturated rings. The van der Waals surface area contributed by atoms with Gasteiger partial charge in [-0.1, -0.05) is 16.8 Å². The molecule has 0 atom stereocenters. The van der Waals surface area contributed by atoms with Gasteiger partial charge < -0.3 is 9.94 Å². The fourth-order valence-electron chi connectivity index (χ4n) is 1.81. The molecule has 10 heteroatoms. The molecule has 0 aliphatic carbocycles. The SMILES string of the molecule is O=[N+]([O-])c1ccc(Oc2ccc(C(F)(F)F)cc2Cl)cc1/C=N\O. The summed E-state index contributed by atoms with van der Waals surface area (Å²) in [6, 6.07) is 6.06. The molecular formula is C14H8ClF3N2O4. The molecule has 2 aromatic rings. The lowest BCUT2D eigenvalue weighted by atomic mass is 10.2. The van der Waals surface area contributed by atoms with E-state index in [9.17, 15) is 23.3 Å². The second-order valence-corrected chi connectivity index (χ2v) is 4.87. The smallest absolute Gasteiger partial charge is 0.416 e. The first-order valence-electron chi connectivity index (χ1n) is 6.23. The van der Waals surface area contributed by atoms with Crippen LogP contribution in [-0.4, -0.2) is 16.3 Å². The average Bonchev–Trinajstić information content (AvgIpc) is 2.48. The second kappa shape index (κ2) is 6.75. The highest BCUT2D eigenvalue weighted by atomic mass is 35.5. The highest BCUT2D eigenvalue weighted by Gasteiger charge is 2.31. The van der Waals surface area contributed by atoms with Gasteiger partial charge in [-0.3, -0.25) is 10.1 Å². The summed E-state index contributed by atoms with van der Waals surface area (Å²) in [4.78, 5) is 10.2. The summed E-state index contributed by atoms with van der Waals surface area (Å²) in [7, 11) is 0. The summed E-state index contributed by atoms with van der Waals surface area (Å²) in [6.07, 6.45) is -3.71. The molecule has 0 aliphatic heterocycles. The van der Waals surface area contributed by atoms with E-state index in [-0.39, 0.29) is 27.8 Å². The molecule has 24 heavy (non-hydrogen) atoms. The van der Waals surface area contributed by atoms with Crippen LogP contribution in [0.5, 0.6) is 11.5 Å². The van der Waals surface area contributed by atoms with Gasteiger partial charge in [0.05, 0.1) is 27.3 Å². The van der Waals surface area contributed by atoms with Crippen molar-refractivity contribution >= 4 is 23.5 Å². The first-order chi connectivity index (χ1) is 11.2. The van der Waals surface area contributed by atoms with E-state index in [4.69, 9.17) is 21.5 Å². The van der Waals surface area contributed by atoms with Crippen molar-refractivity contribution < 1.29 is 28.0 Å². The standard InChI is InChI=1S/C14H8ClF3N2O4/c15-11-6-9(14(16,17)18)1-4-13(11)24-10-2-3-12(20(22)23)8(5-10)7-19-21/h1-7,21H/b19-7-. The fraction of sp³-hybridized carbons (Fsp3) is 0.0714. The number of nitro benzene ring substituents is 1. The molecule has 0 saturated carbocycles. The molecule has 0 bridgehead atoms. The van der Waals surface area contributed by atoms with Crippen LogP contribution < -0.4 is 4.74 Å². The molecule has 2 aromatic carbocycles. The van der Waals surface area contributed by atoms with Gasteiger partial charge in [0.1, 0.15) is 11.5 Å². The van der Waals surface area contributed by atoms with E-state index < -0.39 is 16.7 Å². The lowest BCUT2D eigenvalue weighted by molar-refractivity contribution is -0.385. The van der Waals surface area contributed by atoms with Gasteiger partial charge in [0.25, 0.3) is 5.69 Å². The number of hydrogen-bond acceptors (Lipinski definition) is 5. The maximum atomic E-state index is 12.6. The number of alkyl halides is 3. The Balaban J connectivity index is 2.35. The maximum absolute atomic E-state index is 12.6. The molecule has 126 valence electrons. The highest BCUT2D eigenvalue weighted by Crippen LogP contribution is 2.37. The summed E-state index contributed by atoms with van der Waals surface area (Å²) in [5.41, 5.74) is -1.32. The first kappa shape index (κ1) is 17.5. The van der Waals surface area contributed by atoms with Crippen LogP contribution in [0.3, 0.4) is 0 Å². The molecule has 0 aliphatic rings. The van der Waals surface area contributed by atoms with Gasteiger partial charge in [-0.25, -0.2) is 0 Å². The normalized spacial score (nSPS) is 11.7. The van der Waals surface area contributed by atoms with Crippen molar-refractivity contribution in [3.05, 3.63) is 62.7 Å². The molecule has 0 radical (unpaired) electrons. The van der Waals surface area contributed by atoms with Gasteiger partial charge >= 0.3 is 6.18 Å². The Morgan fingerprint density at radius 2 is 1.96 bits per heavy atom. The largest absolute Gasteiger partial charge is 0.456 e. The van der Waals surface area contributed by atoms with Crippen molar-refractivity contribution in [2.75, 3.05) is 0 Å². The number of ether oxygens (including phenoxy) is 1. The van der Waals surface area contributed by atoms with Gasteiger partial charge in [-0.15, -0.1) is 0 Å². The zero-order valence-corrected chi connectivity index (χ0v) is 12.4. The Kier molecular flexibility index (Phi) is 4.93. The first-order valence-corrected chi connectivity index (χ1v) is 6.60. The van der Waals surface area contributed by atoms with E-state index in [1.807, 2.05) is 0 Å². The summed E-state index contributed by atoms with van der Waals surface area (Å²) in [6.45, 7) is 0. The van der Waals surface area contributed by atoms with Gasteiger partial charge in [-0.05, 0) is 30.3 Å². The fourth-order valence-corrected chi connectivity index (χ4v) is 2.03. The molecule has 6 nitrogen and oxygen atoms in total. The number of benzene rings is 2. The van der Waals surface area contributed by atoms with Crippen LogP contribution in [0.4, 0.5) is 18.9 Å². The minimum absolute atomic E-state index is 0.0527. The molecule has 1 N–H and O–H groups in total. The summed E-state index contributed by atoms with van der Waals surface area (Å²) in [5, 5.41) is 21.8. The van der Waals surface area contributed by atoms with Crippen LogP contribution in [0.25, 0.3) is 0 Å². The third-order valence-electron chi connectivity index (χ3n) is 2.88. The van der Waals surface area contributed by atoms with E-state index in [1.165, 1.54) is 12.1 Å². The van der Waals surface area contributed by atoms with E-state index in [2.05, 4.69) is 5.16 Å². The van der Waals surface area contributed by atoms with E-state index in [1.54, 1.807) is 0 Å². The maximum Gasteiger partial charge on any atom is 0.416 e. The molecule has 0 saturated heterocycles. The van der Waals surface area contributed by atoms with Crippen LogP contribution in [0.2, 0.25) is 5.02 Å². The molecule has 0 amide bonds. The van der Waals surface area contributed by atoms with Crippen molar-refractivity contribution in [2.24, 2.45) is 5.16 Å². The predicted molar refractivity (Wildman–Crippen MR) is 79.0 cm³/mol. The van der Waals surface area contributed by atoms with Crippen LogP contribution in [0, 0.1) is 10.1 Å². The quantitative estimate of drug-likeness (QED) is 0.365. The Bertz CT molecular complexity index is 809. The number of nitrogens with zero attached hydrogens (tertiary/aromatic N) is 2. The van der Waals surface area contributed by atoms with Crippen molar-refractivity contribution in [3.63, 3.8) is 0 Å². The van der Waals surface area contributed by atoms with E-state index >= 15 is 0 Å². The van der Waals surface area contributed by atoms with E-state index in [0.29, 0.717) is 6.07 Å². The zero-order chi connectivity index (χ0) is 17.9. The number of rotatable bonds is 4. The van der Waals surface area contributed by atoms with Crippen molar-refractivity contribution in [1.82, 2.24) is 0 Å². The monoisotopic (exact) mass is 360 g/mol. The lowest BCUT2D eigenvalue weighted by Crippen LogP contribution is -2.04. The van der Waals surface area contributed by atoms with Crippen LogP contribution in [-0.2, 0) is 6.18 Å². The number of hydrogen-bond donors (Lipinski definition) is 1.